The van der Waals surface area contributed by atoms with Gasteiger partial charge in [0.1, 0.15) is 0 Å². The van der Waals surface area contributed by atoms with Gasteiger partial charge in [0.15, 0.2) is 0 Å². The molecule has 0 saturated carbocycles. The maximum absolute atomic E-state index is 11.9. The van der Waals surface area contributed by atoms with Gasteiger partial charge in [-0.05, 0) is 33.1 Å². The van der Waals surface area contributed by atoms with Gasteiger partial charge in [-0.3, -0.25) is 10.1 Å². The van der Waals surface area contributed by atoms with Crippen molar-refractivity contribution < 1.29 is 9.59 Å². The Hall–Kier alpha value is -0.770. The van der Waals surface area contributed by atoms with Crippen molar-refractivity contribution in [3.8, 4) is 0 Å². The van der Waals surface area contributed by atoms with Crippen molar-refractivity contribution in [3.63, 3.8) is 0 Å². The van der Waals surface area contributed by atoms with Crippen molar-refractivity contribution in [3.05, 3.63) is 0 Å². The monoisotopic (exact) mass is 246 g/mol. The van der Waals surface area contributed by atoms with E-state index < -0.39 is 0 Å². The van der Waals surface area contributed by atoms with Gasteiger partial charge in [0.25, 0.3) is 0 Å². The average molecular weight is 247 g/mol. The number of amides is 3. The lowest BCUT2D eigenvalue weighted by atomic mass is 9.98. The van der Waals surface area contributed by atoms with Gasteiger partial charge in [0.05, 0.1) is 0 Å². The van der Waals surface area contributed by atoms with Crippen LogP contribution < -0.4 is 5.32 Å². The van der Waals surface area contributed by atoms with Crippen molar-refractivity contribution in [2.24, 2.45) is 0 Å². The predicted molar refractivity (Wildman–Crippen MR) is 63.5 cm³/mol. The Balaban J connectivity index is 2.54. The number of rotatable bonds is 2. The number of piperidine rings is 1. The van der Waals surface area contributed by atoms with Crippen molar-refractivity contribution in [1.29, 1.82) is 0 Å². The minimum Gasteiger partial charge on any atom is -0.319 e. The van der Waals surface area contributed by atoms with E-state index in [0.29, 0.717) is 0 Å². The molecule has 5 heteroatoms. The van der Waals surface area contributed by atoms with E-state index in [-0.39, 0.29) is 36.3 Å². The molecule has 0 spiro atoms. The summed E-state index contributed by atoms with van der Waals surface area (Å²) in [6.45, 7) is 4.03. The van der Waals surface area contributed by atoms with E-state index in [9.17, 15) is 9.59 Å². The first-order valence-electron chi connectivity index (χ1n) is 5.74. The van der Waals surface area contributed by atoms with Crippen LogP contribution in [-0.2, 0) is 4.79 Å². The molecule has 1 aliphatic rings. The number of alkyl halides is 1. The third kappa shape index (κ3) is 3.37. The molecule has 0 aromatic heterocycles. The molecule has 0 aliphatic carbocycles. The van der Waals surface area contributed by atoms with Crippen LogP contribution in [-0.4, -0.2) is 34.8 Å². The molecule has 1 N–H and O–H groups in total. The third-order valence-electron chi connectivity index (χ3n) is 3.00. The second-order valence-corrected chi connectivity index (χ2v) is 4.71. The minimum absolute atomic E-state index is 0.184. The van der Waals surface area contributed by atoms with Crippen LogP contribution in [0.5, 0.6) is 0 Å². The minimum atomic E-state index is -0.301. The maximum Gasteiger partial charge on any atom is 0.324 e. The Morgan fingerprint density at radius 2 is 1.88 bits per heavy atom. The molecule has 0 aromatic carbocycles. The number of carbonyl (C=O) groups excluding carboxylic acids is 2. The third-order valence-corrected chi connectivity index (χ3v) is 3.18. The van der Waals surface area contributed by atoms with Crippen molar-refractivity contribution in [2.75, 3.05) is 5.88 Å². The number of hydrogen-bond donors (Lipinski definition) is 1. The first kappa shape index (κ1) is 13.3. The first-order valence-corrected chi connectivity index (χ1v) is 6.27. The number of imide groups is 1. The van der Waals surface area contributed by atoms with Crippen LogP contribution in [0.2, 0.25) is 0 Å². The average Bonchev–Trinajstić information content (AvgIpc) is 2.17. The van der Waals surface area contributed by atoms with Gasteiger partial charge in [0, 0.05) is 24.4 Å². The van der Waals surface area contributed by atoms with Gasteiger partial charge in [-0.15, -0.1) is 11.6 Å². The molecule has 0 bridgehead atoms. The van der Waals surface area contributed by atoms with Crippen LogP contribution >= 0.6 is 11.6 Å². The summed E-state index contributed by atoms with van der Waals surface area (Å²) in [6, 6.07) is 0.120. The fraction of sp³-hybridized carbons (Fsp3) is 0.818. The van der Waals surface area contributed by atoms with E-state index in [0.717, 1.165) is 19.3 Å². The van der Waals surface area contributed by atoms with E-state index in [4.69, 9.17) is 11.6 Å². The summed E-state index contributed by atoms with van der Waals surface area (Å²) >= 11 is 5.44. The number of nitrogens with zero attached hydrogens (tertiary/aromatic N) is 1. The Kier molecular flexibility index (Phi) is 5.06. The SMILES string of the molecule is CC1CCCC(C)N1C(=O)NC(=O)CCCl. The summed E-state index contributed by atoms with van der Waals surface area (Å²) in [5, 5.41) is 2.38. The highest BCUT2D eigenvalue weighted by Crippen LogP contribution is 2.22. The van der Waals surface area contributed by atoms with Gasteiger partial charge in [-0.2, -0.15) is 0 Å². The van der Waals surface area contributed by atoms with Crippen LogP contribution in [0.25, 0.3) is 0 Å². The fourth-order valence-corrected chi connectivity index (χ4v) is 2.33. The molecule has 1 aliphatic heterocycles. The second kappa shape index (κ2) is 6.09. The summed E-state index contributed by atoms with van der Waals surface area (Å²) in [7, 11) is 0. The Labute approximate surface area is 101 Å². The molecule has 1 saturated heterocycles. The van der Waals surface area contributed by atoms with E-state index in [1.54, 1.807) is 4.90 Å². The predicted octanol–water partition coefficient (Wildman–Crippen LogP) is 2.11. The zero-order valence-corrected chi connectivity index (χ0v) is 10.6. The molecule has 2 unspecified atom stereocenters. The molecular weight excluding hydrogens is 228 g/mol. The van der Waals surface area contributed by atoms with Crippen molar-refractivity contribution in [1.82, 2.24) is 10.2 Å². The van der Waals surface area contributed by atoms with Gasteiger partial charge in [0.2, 0.25) is 5.91 Å². The molecule has 3 amide bonds. The smallest absolute Gasteiger partial charge is 0.319 e. The van der Waals surface area contributed by atoms with Crippen LogP contribution in [0, 0.1) is 0 Å². The van der Waals surface area contributed by atoms with E-state index in [2.05, 4.69) is 5.32 Å². The largest absolute Gasteiger partial charge is 0.324 e. The molecular formula is C11H19ClN2O2. The number of nitrogens with one attached hydrogen (secondary N) is 1. The Morgan fingerprint density at radius 1 is 1.31 bits per heavy atom. The molecule has 0 aromatic rings. The highest BCUT2D eigenvalue weighted by Gasteiger charge is 2.29. The van der Waals surface area contributed by atoms with Gasteiger partial charge >= 0.3 is 6.03 Å². The van der Waals surface area contributed by atoms with Gasteiger partial charge in [-0.25, -0.2) is 4.79 Å². The number of likely N-dealkylation sites (tertiary alicyclic amines) is 1. The molecule has 1 fully saturated rings. The lowest BCUT2D eigenvalue weighted by Crippen LogP contribution is -2.53. The van der Waals surface area contributed by atoms with Crippen molar-refractivity contribution in [2.45, 2.75) is 51.6 Å². The summed E-state index contributed by atoms with van der Waals surface area (Å²) in [6.07, 6.45) is 3.33. The lowest BCUT2D eigenvalue weighted by Gasteiger charge is -2.38. The number of hydrogen-bond acceptors (Lipinski definition) is 2. The van der Waals surface area contributed by atoms with Gasteiger partial charge in [-0.1, -0.05) is 0 Å². The molecule has 4 nitrogen and oxygen atoms in total. The number of halogens is 1. The molecule has 0 radical (unpaired) electrons. The fourth-order valence-electron chi connectivity index (χ4n) is 2.15. The molecule has 92 valence electrons. The highest BCUT2D eigenvalue weighted by molar-refractivity contribution is 6.19. The normalized spacial score (nSPS) is 25.3. The number of urea groups is 1. The summed E-state index contributed by atoms with van der Waals surface area (Å²) in [4.78, 5) is 24.9. The summed E-state index contributed by atoms with van der Waals surface area (Å²) in [5.74, 6) is -0.0607. The van der Waals surface area contributed by atoms with E-state index >= 15 is 0 Å². The molecule has 1 heterocycles. The first-order chi connectivity index (χ1) is 7.56. The second-order valence-electron chi connectivity index (χ2n) is 4.33. The Morgan fingerprint density at radius 3 is 2.38 bits per heavy atom. The summed E-state index contributed by atoms with van der Waals surface area (Å²) in [5.41, 5.74) is 0. The number of carbonyl (C=O) groups is 2. The Bertz CT molecular complexity index is 261. The van der Waals surface area contributed by atoms with Crippen LogP contribution in [0.1, 0.15) is 39.5 Å². The quantitative estimate of drug-likeness (QED) is 0.759. The van der Waals surface area contributed by atoms with E-state index in [1.807, 2.05) is 13.8 Å². The molecule has 1 rings (SSSR count). The van der Waals surface area contributed by atoms with Gasteiger partial charge < -0.3 is 4.90 Å². The standard InChI is InChI=1S/C11H19ClN2O2/c1-8-4-3-5-9(2)14(8)11(16)13-10(15)6-7-12/h8-9H,3-7H2,1-2H3,(H,13,15,16). The van der Waals surface area contributed by atoms with Crippen LogP contribution in [0.15, 0.2) is 0 Å². The maximum atomic E-state index is 11.9. The lowest BCUT2D eigenvalue weighted by molar-refractivity contribution is -0.119. The molecule has 2 atom stereocenters. The van der Waals surface area contributed by atoms with Crippen LogP contribution in [0.4, 0.5) is 4.79 Å². The zero-order chi connectivity index (χ0) is 12.1. The summed E-state index contributed by atoms with van der Waals surface area (Å²) < 4.78 is 0. The molecule has 16 heavy (non-hydrogen) atoms. The zero-order valence-electron chi connectivity index (χ0n) is 9.83. The highest BCUT2D eigenvalue weighted by atomic mass is 35.5. The topological polar surface area (TPSA) is 49.4 Å². The van der Waals surface area contributed by atoms with E-state index in [1.165, 1.54) is 0 Å². The van der Waals surface area contributed by atoms with Crippen molar-refractivity contribution >= 4 is 23.5 Å². The van der Waals surface area contributed by atoms with Crippen LogP contribution in [0.3, 0.4) is 0 Å².